The van der Waals surface area contributed by atoms with Gasteiger partial charge in [-0.15, -0.1) is 0 Å². The van der Waals surface area contributed by atoms with Gasteiger partial charge in [-0.2, -0.15) is 0 Å². The van der Waals surface area contributed by atoms with Crippen LogP contribution in [0.25, 0.3) is 0 Å². The first-order chi connectivity index (χ1) is 9.67. The van der Waals surface area contributed by atoms with Crippen molar-refractivity contribution in [3.05, 3.63) is 0 Å². The van der Waals surface area contributed by atoms with Crippen molar-refractivity contribution in [1.29, 1.82) is 0 Å². The number of rotatable bonds is 4. The van der Waals surface area contributed by atoms with E-state index in [1.54, 1.807) is 4.90 Å². The van der Waals surface area contributed by atoms with E-state index in [-0.39, 0.29) is 23.9 Å². The van der Waals surface area contributed by atoms with E-state index < -0.39 is 0 Å². The maximum absolute atomic E-state index is 12.5. The topological polar surface area (TPSA) is 75.4 Å². The second-order valence-electron chi connectivity index (χ2n) is 5.99. The molecule has 2 amide bonds. The highest BCUT2D eigenvalue weighted by Crippen LogP contribution is 2.25. The lowest BCUT2D eigenvalue weighted by molar-refractivity contribution is -0.142. The second kappa shape index (κ2) is 7.07. The lowest BCUT2D eigenvalue weighted by Gasteiger charge is -2.35. The second-order valence-corrected chi connectivity index (χ2v) is 5.99. The van der Waals surface area contributed by atoms with Gasteiger partial charge in [0.15, 0.2) is 0 Å². The number of likely N-dealkylation sites (tertiary alicyclic amines) is 1. The van der Waals surface area contributed by atoms with Crippen molar-refractivity contribution in [2.75, 3.05) is 13.1 Å². The third-order valence-corrected chi connectivity index (χ3v) is 4.72. The molecule has 3 atom stereocenters. The number of piperidine rings is 1. The summed E-state index contributed by atoms with van der Waals surface area (Å²) in [6.45, 7) is 3.20. The minimum Gasteiger partial charge on any atom is -0.351 e. The fourth-order valence-corrected chi connectivity index (χ4v) is 3.49. The summed E-state index contributed by atoms with van der Waals surface area (Å²) in [6.07, 6.45) is 6.54. The highest BCUT2D eigenvalue weighted by atomic mass is 16.2. The number of hydrogen-bond acceptors (Lipinski definition) is 3. The fraction of sp³-hybridized carbons (Fsp3) is 0.867. The summed E-state index contributed by atoms with van der Waals surface area (Å²) >= 11 is 0. The Kier molecular flexibility index (Phi) is 5.40. The molecule has 0 spiro atoms. The van der Waals surface area contributed by atoms with Gasteiger partial charge in [-0.3, -0.25) is 9.59 Å². The number of nitrogens with zero attached hydrogens (tertiary/aromatic N) is 1. The molecule has 0 aromatic heterocycles. The van der Waals surface area contributed by atoms with Crippen molar-refractivity contribution in [3.63, 3.8) is 0 Å². The molecule has 1 heterocycles. The van der Waals surface area contributed by atoms with Crippen LogP contribution in [-0.2, 0) is 9.59 Å². The van der Waals surface area contributed by atoms with E-state index >= 15 is 0 Å². The molecule has 20 heavy (non-hydrogen) atoms. The van der Waals surface area contributed by atoms with Gasteiger partial charge in [0, 0.05) is 19.0 Å². The molecule has 5 nitrogen and oxygen atoms in total. The minimum atomic E-state index is -0.268. The number of carbonyl (C=O) groups excluding carboxylic acids is 2. The van der Waals surface area contributed by atoms with Crippen molar-refractivity contribution < 1.29 is 9.59 Å². The molecule has 1 saturated carbocycles. The largest absolute Gasteiger partial charge is 0.351 e. The number of nitrogens with one attached hydrogen (secondary N) is 1. The van der Waals surface area contributed by atoms with Gasteiger partial charge in [0.1, 0.15) is 6.04 Å². The van der Waals surface area contributed by atoms with Crippen LogP contribution in [0.15, 0.2) is 0 Å². The van der Waals surface area contributed by atoms with E-state index in [9.17, 15) is 9.59 Å². The smallest absolute Gasteiger partial charge is 0.243 e. The molecule has 5 heteroatoms. The average molecular weight is 281 g/mol. The van der Waals surface area contributed by atoms with E-state index in [1.165, 1.54) is 0 Å². The van der Waals surface area contributed by atoms with Gasteiger partial charge in [0.05, 0.1) is 0 Å². The summed E-state index contributed by atoms with van der Waals surface area (Å²) < 4.78 is 0. The molecular formula is C15H27N3O2. The van der Waals surface area contributed by atoms with E-state index in [4.69, 9.17) is 5.73 Å². The molecule has 2 aliphatic rings. The van der Waals surface area contributed by atoms with Crippen LogP contribution in [0.2, 0.25) is 0 Å². The third-order valence-electron chi connectivity index (χ3n) is 4.72. The summed E-state index contributed by atoms with van der Waals surface area (Å²) in [5, 5.41) is 3.15. The molecule has 1 saturated heterocycles. The number of amides is 2. The Balaban J connectivity index is 1.97. The molecule has 2 fully saturated rings. The zero-order chi connectivity index (χ0) is 14.5. The van der Waals surface area contributed by atoms with Gasteiger partial charge in [-0.05, 0) is 44.6 Å². The SMILES string of the molecule is CCC(=O)N1CCCCC1C(=O)NC1CCCC1CN. The molecule has 114 valence electrons. The Morgan fingerprint density at radius 1 is 1.20 bits per heavy atom. The van der Waals surface area contributed by atoms with Crippen molar-refractivity contribution in [3.8, 4) is 0 Å². The molecule has 3 unspecified atom stereocenters. The molecule has 1 aliphatic carbocycles. The predicted octanol–water partition coefficient (Wildman–Crippen LogP) is 1.02. The summed E-state index contributed by atoms with van der Waals surface area (Å²) in [4.78, 5) is 26.2. The van der Waals surface area contributed by atoms with Crippen LogP contribution >= 0.6 is 0 Å². The lowest BCUT2D eigenvalue weighted by Crippen LogP contribution is -2.54. The maximum Gasteiger partial charge on any atom is 0.243 e. The number of nitrogens with two attached hydrogens (primary N) is 1. The lowest BCUT2D eigenvalue weighted by atomic mass is 9.99. The quantitative estimate of drug-likeness (QED) is 0.808. The number of hydrogen-bond donors (Lipinski definition) is 2. The van der Waals surface area contributed by atoms with Crippen molar-refractivity contribution in [1.82, 2.24) is 10.2 Å². The van der Waals surface area contributed by atoms with Gasteiger partial charge in [-0.25, -0.2) is 0 Å². The van der Waals surface area contributed by atoms with Gasteiger partial charge >= 0.3 is 0 Å². The van der Waals surface area contributed by atoms with E-state index in [0.717, 1.165) is 45.1 Å². The molecule has 0 bridgehead atoms. The predicted molar refractivity (Wildman–Crippen MR) is 78.0 cm³/mol. The molecule has 0 radical (unpaired) electrons. The van der Waals surface area contributed by atoms with Crippen molar-refractivity contribution in [2.24, 2.45) is 11.7 Å². The molecule has 1 aliphatic heterocycles. The van der Waals surface area contributed by atoms with E-state index in [0.29, 0.717) is 18.9 Å². The van der Waals surface area contributed by atoms with Crippen molar-refractivity contribution >= 4 is 11.8 Å². The molecule has 0 aromatic carbocycles. The van der Waals surface area contributed by atoms with Crippen LogP contribution in [0.3, 0.4) is 0 Å². The Morgan fingerprint density at radius 3 is 2.70 bits per heavy atom. The Bertz CT molecular complexity index is 359. The van der Waals surface area contributed by atoms with Crippen LogP contribution < -0.4 is 11.1 Å². The van der Waals surface area contributed by atoms with Gasteiger partial charge in [0.25, 0.3) is 0 Å². The summed E-state index contributed by atoms with van der Waals surface area (Å²) in [5.41, 5.74) is 5.76. The Hall–Kier alpha value is -1.10. The van der Waals surface area contributed by atoms with Gasteiger partial charge < -0.3 is 16.0 Å². The minimum absolute atomic E-state index is 0.0249. The van der Waals surface area contributed by atoms with Crippen molar-refractivity contribution in [2.45, 2.75) is 64.0 Å². The highest BCUT2D eigenvalue weighted by molar-refractivity contribution is 5.88. The Labute approximate surface area is 121 Å². The summed E-state index contributed by atoms with van der Waals surface area (Å²) in [5.74, 6) is 0.515. The molecule has 3 N–H and O–H groups in total. The standard InChI is InChI=1S/C15H27N3O2/c1-2-14(19)18-9-4-3-8-13(18)15(20)17-12-7-5-6-11(12)10-16/h11-13H,2-10,16H2,1H3,(H,17,20). The van der Waals surface area contributed by atoms with Gasteiger partial charge in [-0.1, -0.05) is 13.3 Å². The van der Waals surface area contributed by atoms with Crippen LogP contribution in [0.4, 0.5) is 0 Å². The van der Waals surface area contributed by atoms with Crippen LogP contribution in [0, 0.1) is 5.92 Å². The van der Waals surface area contributed by atoms with E-state index in [1.807, 2.05) is 6.92 Å². The van der Waals surface area contributed by atoms with E-state index in [2.05, 4.69) is 5.32 Å². The summed E-state index contributed by atoms with van der Waals surface area (Å²) in [6, 6.07) is -0.0665. The summed E-state index contributed by atoms with van der Waals surface area (Å²) in [7, 11) is 0. The normalized spacial score (nSPS) is 30.3. The van der Waals surface area contributed by atoms with Crippen LogP contribution in [0.1, 0.15) is 51.9 Å². The maximum atomic E-state index is 12.5. The first kappa shape index (κ1) is 15.3. The van der Waals surface area contributed by atoms with Gasteiger partial charge in [0.2, 0.25) is 11.8 Å². The zero-order valence-corrected chi connectivity index (χ0v) is 12.4. The van der Waals surface area contributed by atoms with Crippen LogP contribution in [-0.4, -0.2) is 41.9 Å². The monoisotopic (exact) mass is 281 g/mol. The first-order valence-electron chi connectivity index (χ1n) is 7.97. The highest BCUT2D eigenvalue weighted by Gasteiger charge is 2.34. The fourth-order valence-electron chi connectivity index (χ4n) is 3.49. The third kappa shape index (κ3) is 3.32. The van der Waals surface area contributed by atoms with Crippen LogP contribution in [0.5, 0.6) is 0 Å². The molecular weight excluding hydrogens is 254 g/mol. The number of carbonyl (C=O) groups is 2. The molecule has 0 aromatic rings. The molecule has 2 rings (SSSR count). The average Bonchev–Trinajstić information content (AvgIpc) is 2.93. The Morgan fingerprint density at radius 2 is 2.00 bits per heavy atom. The zero-order valence-electron chi connectivity index (χ0n) is 12.4. The first-order valence-corrected chi connectivity index (χ1v) is 7.97.